The number of hydrogen-bond acceptors (Lipinski definition) is 4. The molecule has 5 nitrogen and oxygen atoms in total. The predicted molar refractivity (Wildman–Crippen MR) is 72.0 cm³/mol. The molecule has 1 unspecified atom stereocenters. The van der Waals surface area contributed by atoms with Gasteiger partial charge in [0.05, 0.1) is 7.11 Å². The third-order valence-corrected chi connectivity index (χ3v) is 3.30. The number of carbonyl (C=O) groups is 2. The van der Waals surface area contributed by atoms with Crippen LogP contribution in [0.2, 0.25) is 0 Å². The molecule has 0 spiro atoms. The van der Waals surface area contributed by atoms with Crippen molar-refractivity contribution in [3.63, 3.8) is 0 Å². The average molecular weight is 289 g/mol. The second-order valence-electron chi connectivity index (χ2n) is 6.16. The lowest BCUT2D eigenvalue weighted by molar-refractivity contribution is -0.145. The molecule has 0 aliphatic heterocycles. The molecule has 6 heteroatoms. The van der Waals surface area contributed by atoms with Gasteiger partial charge in [-0.3, -0.25) is 0 Å². The fourth-order valence-corrected chi connectivity index (χ4v) is 2.34. The molecule has 1 aliphatic carbocycles. The summed E-state index contributed by atoms with van der Waals surface area (Å²) in [6.45, 7) is 5.23. The van der Waals surface area contributed by atoms with Gasteiger partial charge in [0, 0.05) is 0 Å². The maximum absolute atomic E-state index is 13.2. The molecule has 0 aromatic heterocycles. The van der Waals surface area contributed by atoms with Gasteiger partial charge < -0.3 is 14.8 Å². The first kappa shape index (κ1) is 16.7. The summed E-state index contributed by atoms with van der Waals surface area (Å²) >= 11 is 0. The van der Waals surface area contributed by atoms with Crippen LogP contribution in [-0.2, 0) is 14.3 Å². The van der Waals surface area contributed by atoms with E-state index in [4.69, 9.17) is 9.47 Å². The largest absolute Gasteiger partial charge is 0.467 e. The molecular formula is C14H24FNO4. The Hall–Kier alpha value is -1.33. The average Bonchev–Trinajstić information content (AvgIpc) is 2.34. The normalized spacial score (nSPS) is 24.6. The van der Waals surface area contributed by atoms with Crippen LogP contribution in [0, 0.1) is 5.92 Å². The van der Waals surface area contributed by atoms with Crippen LogP contribution < -0.4 is 5.32 Å². The number of amides is 1. The molecule has 116 valence electrons. The highest BCUT2D eigenvalue weighted by Gasteiger charge is 2.35. The zero-order chi connectivity index (χ0) is 15.3. The van der Waals surface area contributed by atoms with Crippen molar-refractivity contribution in [3.8, 4) is 0 Å². The molecule has 1 saturated carbocycles. The number of alkyl halides is 1. The van der Waals surface area contributed by atoms with Crippen LogP contribution in [0.15, 0.2) is 0 Å². The standard InChI is InChI=1S/C14H24FNO4/c1-14(2,3)20-13(18)16-11(12(17)19-4)9-5-7-10(15)8-6-9/h9-11H,5-8H2,1-4H3,(H,16,18). The van der Waals surface area contributed by atoms with Crippen molar-refractivity contribution in [3.05, 3.63) is 0 Å². The second kappa shape index (κ2) is 6.90. The molecule has 20 heavy (non-hydrogen) atoms. The molecular weight excluding hydrogens is 265 g/mol. The van der Waals surface area contributed by atoms with Crippen molar-refractivity contribution in [1.29, 1.82) is 0 Å². The Morgan fingerprint density at radius 2 is 1.75 bits per heavy atom. The number of nitrogens with one attached hydrogen (secondary N) is 1. The van der Waals surface area contributed by atoms with E-state index in [-0.39, 0.29) is 5.92 Å². The summed E-state index contributed by atoms with van der Waals surface area (Å²) in [5.41, 5.74) is -0.638. The van der Waals surface area contributed by atoms with Crippen molar-refractivity contribution in [2.75, 3.05) is 7.11 Å². The van der Waals surface area contributed by atoms with Gasteiger partial charge in [-0.25, -0.2) is 14.0 Å². The fraction of sp³-hybridized carbons (Fsp3) is 0.857. The summed E-state index contributed by atoms with van der Waals surface area (Å²) in [5, 5.41) is 2.55. The molecule has 1 amide bonds. The van der Waals surface area contributed by atoms with E-state index in [0.717, 1.165) is 0 Å². The van der Waals surface area contributed by atoms with E-state index >= 15 is 0 Å². The number of alkyl carbamates (subject to hydrolysis) is 1. The zero-order valence-electron chi connectivity index (χ0n) is 12.6. The number of halogens is 1. The van der Waals surface area contributed by atoms with Gasteiger partial charge in [0.2, 0.25) is 0 Å². The summed E-state index contributed by atoms with van der Waals surface area (Å²) in [5.74, 6) is -0.625. The number of rotatable bonds is 3. The third-order valence-electron chi connectivity index (χ3n) is 3.30. The fourth-order valence-electron chi connectivity index (χ4n) is 2.34. The summed E-state index contributed by atoms with van der Waals surface area (Å²) in [4.78, 5) is 23.6. The van der Waals surface area contributed by atoms with Crippen LogP contribution >= 0.6 is 0 Å². The number of hydrogen-bond donors (Lipinski definition) is 1. The third kappa shape index (κ3) is 5.35. The van der Waals surface area contributed by atoms with Gasteiger partial charge in [-0.2, -0.15) is 0 Å². The minimum atomic E-state index is -0.814. The highest BCUT2D eigenvalue weighted by molar-refractivity contribution is 5.81. The monoisotopic (exact) mass is 289 g/mol. The van der Waals surface area contributed by atoms with Crippen molar-refractivity contribution >= 4 is 12.1 Å². The molecule has 1 atom stereocenters. The van der Waals surface area contributed by atoms with Crippen LogP contribution in [0.4, 0.5) is 9.18 Å². The first-order valence-corrected chi connectivity index (χ1v) is 6.94. The lowest BCUT2D eigenvalue weighted by atomic mass is 9.83. The van der Waals surface area contributed by atoms with Crippen LogP contribution in [-0.4, -0.2) is 37.0 Å². The summed E-state index contributed by atoms with van der Waals surface area (Å²) in [6, 6.07) is -0.776. The lowest BCUT2D eigenvalue weighted by Crippen LogP contribution is -2.49. The first-order valence-electron chi connectivity index (χ1n) is 6.94. The van der Waals surface area contributed by atoms with E-state index in [1.54, 1.807) is 20.8 Å². The van der Waals surface area contributed by atoms with Gasteiger partial charge in [-0.1, -0.05) is 0 Å². The maximum Gasteiger partial charge on any atom is 0.408 e. The molecule has 0 heterocycles. The van der Waals surface area contributed by atoms with Gasteiger partial charge in [-0.05, 0) is 52.4 Å². The molecule has 0 saturated heterocycles. The predicted octanol–water partition coefficient (Wildman–Crippen LogP) is 2.58. The van der Waals surface area contributed by atoms with Gasteiger partial charge in [0.25, 0.3) is 0 Å². The first-order chi connectivity index (χ1) is 9.23. The molecule has 1 fully saturated rings. The topological polar surface area (TPSA) is 64.6 Å². The molecule has 0 aromatic carbocycles. The molecule has 0 bridgehead atoms. The SMILES string of the molecule is COC(=O)C(NC(=O)OC(C)(C)C)C1CCC(F)CC1. The summed E-state index contributed by atoms with van der Waals surface area (Å²) in [7, 11) is 1.27. The number of methoxy groups -OCH3 is 1. The quantitative estimate of drug-likeness (QED) is 0.811. The highest BCUT2D eigenvalue weighted by Crippen LogP contribution is 2.29. The Morgan fingerprint density at radius 1 is 1.20 bits per heavy atom. The van der Waals surface area contributed by atoms with Crippen LogP contribution in [0.25, 0.3) is 0 Å². The molecule has 0 aromatic rings. The Kier molecular flexibility index (Phi) is 5.77. The minimum Gasteiger partial charge on any atom is -0.467 e. The van der Waals surface area contributed by atoms with Crippen molar-refractivity contribution < 1.29 is 23.5 Å². The zero-order valence-corrected chi connectivity index (χ0v) is 12.6. The van der Waals surface area contributed by atoms with Gasteiger partial charge >= 0.3 is 12.1 Å². The van der Waals surface area contributed by atoms with Gasteiger partial charge in [-0.15, -0.1) is 0 Å². The lowest BCUT2D eigenvalue weighted by Gasteiger charge is -2.31. The van der Waals surface area contributed by atoms with Crippen LogP contribution in [0.3, 0.4) is 0 Å². The molecule has 1 aliphatic rings. The van der Waals surface area contributed by atoms with E-state index in [1.807, 2.05) is 0 Å². The van der Waals surface area contributed by atoms with E-state index in [0.29, 0.717) is 25.7 Å². The molecule has 0 radical (unpaired) electrons. The maximum atomic E-state index is 13.2. The Balaban J connectivity index is 2.65. The van der Waals surface area contributed by atoms with Gasteiger partial charge in [0.15, 0.2) is 0 Å². The number of esters is 1. The van der Waals surface area contributed by atoms with E-state index in [9.17, 15) is 14.0 Å². The van der Waals surface area contributed by atoms with E-state index < -0.39 is 29.9 Å². The number of carbonyl (C=O) groups excluding carboxylic acids is 2. The van der Waals surface area contributed by atoms with Gasteiger partial charge in [0.1, 0.15) is 17.8 Å². The molecule has 1 rings (SSSR count). The number of ether oxygens (including phenoxy) is 2. The Labute approximate surface area is 119 Å². The Bertz CT molecular complexity index is 346. The van der Waals surface area contributed by atoms with Crippen molar-refractivity contribution in [2.24, 2.45) is 5.92 Å². The highest BCUT2D eigenvalue weighted by atomic mass is 19.1. The minimum absolute atomic E-state index is 0.109. The van der Waals surface area contributed by atoms with Crippen molar-refractivity contribution in [2.45, 2.75) is 64.3 Å². The summed E-state index contributed by atoms with van der Waals surface area (Å²) < 4.78 is 23.0. The van der Waals surface area contributed by atoms with E-state index in [2.05, 4.69) is 5.32 Å². The summed E-state index contributed by atoms with van der Waals surface area (Å²) in [6.07, 6.45) is 0.455. The Morgan fingerprint density at radius 3 is 2.20 bits per heavy atom. The van der Waals surface area contributed by atoms with Crippen LogP contribution in [0.5, 0.6) is 0 Å². The second-order valence-corrected chi connectivity index (χ2v) is 6.16. The van der Waals surface area contributed by atoms with E-state index in [1.165, 1.54) is 7.11 Å². The van der Waals surface area contributed by atoms with Crippen LogP contribution in [0.1, 0.15) is 46.5 Å². The smallest absolute Gasteiger partial charge is 0.408 e. The van der Waals surface area contributed by atoms with Crippen molar-refractivity contribution in [1.82, 2.24) is 5.32 Å². The molecule has 1 N–H and O–H groups in total.